The van der Waals surface area contributed by atoms with Crippen LogP contribution in [-0.2, 0) is 12.6 Å². The number of hydrogen-bond acceptors (Lipinski definition) is 2. The number of nitriles is 1. The molecule has 1 atom stereocenters. The third kappa shape index (κ3) is 5.33. The summed E-state index contributed by atoms with van der Waals surface area (Å²) in [4.78, 5) is 4.62. The van der Waals surface area contributed by atoms with Crippen molar-refractivity contribution in [3.63, 3.8) is 0 Å². The van der Waals surface area contributed by atoms with Gasteiger partial charge in [0.1, 0.15) is 11.8 Å². The lowest BCUT2D eigenvalue weighted by Gasteiger charge is -2.15. The zero-order valence-corrected chi connectivity index (χ0v) is 16.8. The van der Waals surface area contributed by atoms with Crippen molar-refractivity contribution in [1.29, 1.82) is 5.26 Å². The van der Waals surface area contributed by atoms with E-state index in [2.05, 4.69) is 20.9 Å². The van der Waals surface area contributed by atoms with Crippen molar-refractivity contribution in [2.75, 3.05) is 0 Å². The summed E-state index contributed by atoms with van der Waals surface area (Å²) in [5.74, 6) is 0. The van der Waals surface area contributed by atoms with Crippen molar-refractivity contribution in [1.82, 2.24) is 0 Å². The van der Waals surface area contributed by atoms with Gasteiger partial charge in [0.2, 0.25) is 0 Å². The topological polar surface area (TPSA) is 36.1 Å². The molecule has 6 heteroatoms. The van der Waals surface area contributed by atoms with Crippen molar-refractivity contribution in [3.05, 3.63) is 106 Å². The van der Waals surface area contributed by atoms with Crippen LogP contribution in [0.15, 0.2) is 88.3 Å². The molecule has 0 unspecified atom stereocenters. The molecular formula is C23H16BrF3N2. The Hall–Kier alpha value is -2.91. The summed E-state index contributed by atoms with van der Waals surface area (Å²) in [5.41, 5.74) is 1.64. The second kappa shape index (κ2) is 9.06. The Balaban J connectivity index is 1.99. The lowest BCUT2D eigenvalue weighted by atomic mass is 9.98. The number of hydrogen-bond donors (Lipinski definition) is 0. The van der Waals surface area contributed by atoms with Gasteiger partial charge in [-0.05, 0) is 29.3 Å². The Labute approximate surface area is 175 Å². The van der Waals surface area contributed by atoms with Crippen molar-refractivity contribution < 1.29 is 13.2 Å². The quantitative estimate of drug-likeness (QED) is 0.390. The number of benzene rings is 3. The molecule has 0 fully saturated rings. The maximum absolute atomic E-state index is 12.8. The highest BCUT2D eigenvalue weighted by Gasteiger charge is 2.30. The first-order valence-electron chi connectivity index (χ1n) is 8.82. The normalized spacial score (nSPS) is 13.0. The molecule has 3 rings (SSSR count). The Bertz CT molecular complexity index is 1040. The molecule has 0 aromatic heterocycles. The van der Waals surface area contributed by atoms with E-state index in [1.165, 1.54) is 12.1 Å². The first kappa shape index (κ1) is 20.8. The van der Waals surface area contributed by atoms with Crippen LogP contribution in [0.1, 0.15) is 28.3 Å². The van der Waals surface area contributed by atoms with E-state index in [4.69, 9.17) is 0 Å². The summed E-state index contributed by atoms with van der Waals surface area (Å²) >= 11 is 3.53. The van der Waals surface area contributed by atoms with Gasteiger partial charge in [0.25, 0.3) is 0 Å². The molecule has 0 saturated heterocycles. The van der Waals surface area contributed by atoms with E-state index >= 15 is 0 Å². The summed E-state index contributed by atoms with van der Waals surface area (Å²) in [5, 5.41) is 9.61. The third-order valence-electron chi connectivity index (χ3n) is 4.43. The SMILES string of the molecule is N#C/C(=N\[C@H](Cc1ccccc1Br)c1ccccc1)c1ccc(C(F)(F)F)cc1. The molecule has 0 heterocycles. The summed E-state index contributed by atoms with van der Waals surface area (Å²) in [6.45, 7) is 0. The van der Waals surface area contributed by atoms with E-state index in [0.717, 1.165) is 27.7 Å². The van der Waals surface area contributed by atoms with E-state index in [-0.39, 0.29) is 11.8 Å². The van der Waals surface area contributed by atoms with E-state index in [0.29, 0.717) is 12.0 Å². The molecule has 0 spiro atoms. The number of alkyl halides is 3. The fraction of sp³-hybridized carbons (Fsp3) is 0.130. The van der Waals surface area contributed by atoms with Gasteiger partial charge < -0.3 is 0 Å². The molecule has 2 nitrogen and oxygen atoms in total. The van der Waals surface area contributed by atoms with Crippen molar-refractivity contribution in [2.45, 2.75) is 18.6 Å². The Morgan fingerprint density at radius 1 is 0.931 bits per heavy atom. The van der Waals surface area contributed by atoms with E-state index in [1.807, 2.05) is 60.7 Å². The Kier molecular flexibility index (Phi) is 6.50. The monoisotopic (exact) mass is 456 g/mol. The molecule has 0 aliphatic heterocycles. The fourth-order valence-corrected chi connectivity index (χ4v) is 3.37. The van der Waals surface area contributed by atoms with Gasteiger partial charge in [-0.3, -0.25) is 4.99 Å². The average molecular weight is 457 g/mol. The van der Waals surface area contributed by atoms with Crippen LogP contribution < -0.4 is 0 Å². The molecule has 3 aromatic rings. The van der Waals surface area contributed by atoms with Gasteiger partial charge in [0.05, 0.1) is 11.6 Å². The maximum atomic E-state index is 12.8. The van der Waals surface area contributed by atoms with Gasteiger partial charge in [-0.2, -0.15) is 18.4 Å². The zero-order valence-electron chi connectivity index (χ0n) is 15.2. The first-order valence-corrected chi connectivity index (χ1v) is 9.61. The molecule has 0 bridgehead atoms. The van der Waals surface area contributed by atoms with Gasteiger partial charge in [0.15, 0.2) is 0 Å². The van der Waals surface area contributed by atoms with Gasteiger partial charge in [0, 0.05) is 16.5 Å². The van der Waals surface area contributed by atoms with Crippen LogP contribution in [0.4, 0.5) is 13.2 Å². The third-order valence-corrected chi connectivity index (χ3v) is 5.21. The molecule has 0 N–H and O–H groups in total. The minimum Gasteiger partial charge on any atom is -0.265 e. The van der Waals surface area contributed by atoms with Crippen LogP contribution in [0.2, 0.25) is 0 Å². The molecule has 0 radical (unpaired) electrons. The van der Waals surface area contributed by atoms with Crippen molar-refractivity contribution >= 4 is 21.6 Å². The lowest BCUT2D eigenvalue weighted by Crippen LogP contribution is -2.08. The van der Waals surface area contributed by atoms with Crippen molar-refractivity contribution in [3.8, 4) is 6.07 Å². The summed E-state index contributed by atoms with van der Waals surface area (Å²) in [7, 11) is 0. The lowest BCUT2D eigenvalue weighted by molar-refractivity contribution is -0.137. The van der Waals surface area contributed by atoms with Crippen molar-refractivity contribution in [2.24, 2.45) is 4.99 Å². The Morgan fingerprint density at radius 3 is 2.14 bits per heavy atom. The molecular weight excluding hydrogens is 441 g/mol. The molecule has 0 aliphatic carbocycles. The smallest absolute Gasteiger partial charge is 0.265 e. The molecule has 0 saturated carbocycles. The minimum atomic E-state index is -4.42. The van der Waals surface area contributed by atoms with Crippen LogP contribution >= 0.6 is 15.9 Å². The molecule has 3 aromatic carbocycles. The summed E-state index contributed by atoms with van der Waals surface area (Å²) < 4.78 is 39.4. The number of rotatable bonds is 5. The predicted octanol–water partition coefficient (Wildman–Crippen LogP) is 6.76. The summed E-state index contributed by atoms with van der Waals surface area (Å²) in [6, 6.07) is 23.4. The second-order valence-corrected chi connectivity index (χ2v) is 7.24. The van der Waals surface area contributed by atoms with Crippen LogP contribution in [0, 0.1) is 11.3 Å². The van der Waals surface area contributed by atoms with Gasteiger partial charge in [-0.25, -0.2) is 0 Å². The number of aliphatic imine (C=N–C) groups is 1. The summed E-state index contributed by atoms with van der Waals surface area (Å²) in [6.07, 6.45) is -3.88. The average Bonchev–Trinajstić information content (AvgIpc) is 2.72. The standard InChI is InChI=1S/C23H16BrF3N2/c24-20-9-5-4-8-18(20)14-21(16-6-2-1-3-7-16)29-22(15-28)17-10-12-19(13-11-17)23(25,26)27/h1-13,21H,14H2/b29-22+/t21-/m1/s1. The zero-order chi connectivity index (χ0) is 20.9. The van der Waals surface area contributed by atoms with E-state index in [1.54, 1.807) is 0 Å². The van der Waals surface area contributed by atoms with Gasteiger partial charge in [-0.15, -0.1) is 0 Å². The maximum Gasteiger partial charge on any atom is 0.416 e. The van der Waals surface area contributed by atoms with E-state index in [9.17, 15) is 18.4 Å². The molecule has 0 amide bonds. The highest BCUT2D eigenvalue weighted by molar-refractivity contribution is 9.10. The molecule has 29 heavy (non-hydrogen) atoms. The van der Waals surface area contributed by atoms with Crippen LogP contribution in [0.5, 0.6) is 0 Å². The van der Waals surface area contributed by atoms with Gasteiger partial charge >= 0.3 is 6.18 Å². The fourth-order valence-electron chi connectivity index (χ4n) is 2.93. The van der Waals surface area contributed by atoms with Crippen LogP contribution in [0.3, 0.4) is 0 Å². The highest BCUT2D eigenvalue weighted by atomic mass is 79.9. The predicted molar refractivity (Wildman–Crippen MR) is 111 cm³/mol. The number of nitrogens with zero attached hydrogens (tertiary/aromatic N) is 2. The molecule has 146 valence electrons. The van der Waals surface area contributed by atoms with Crippen LogP contribution in [0.25, 0.3) is 0 Å². The molecule has 0 aliphatic rings. The largest absolute Gasteiger partial charge is 0.416 e. The minimum absolute atomic E-state index is 0.0969. The Morgan fingerprint density at radius 2 is 1.55 bits per heavy atom. The van der Waals surface area contributed by atoms with Crippen LogP contribution in [-0.4, -0.2) is 5.71 Å². The highest BCUT2D eigenvalue weighted by Crippen LogP contribution is 2.30. The van der Waals surface area contributed by atoms with E-state index < -0.39 is 11.7 Å². The first-order chi connectivity index (χ1) is 13.9. The van der Waals surface area contributed by atoms with Gasteiger partial charge in [-0.1, -0.05) is 76.6 Å². The second-order valence-electron chi connectivity index (χ2n) is 6.39. The number of halogens is 4.